The lowest BCUT2D eigenvalue weighted by atomic mass is 9.87. The normalized spacial score (nSPS) is 13.8. The molecule has 104 valence electrons. The zero-order valence-corrected chi connectivity index (χ0v) is 13.3. The average Bonchev–Trinajstić information content (AvgIpc) is 2.79. The number of thiophene rings is 1. The summed E-state index contributed by atoms with van der Waals surface area (Å²) < 4.78 is 0. The molecule has 1 aromatic rings. The van der Waals surface area contributed by atoms with Crippen molar-refractivity contribution in [2.75, 3.05) is 6.54 Å². The second-order valence-electron chi connectivity index (χ2n) is 6.42. The lowest BCUT2D eigenvalue weighted by molar-refractivity contribution is 0.323. The number of hydrogen-bond donors (Lipinski definition) is 1. The van der Waals surface area contributed by atoms with E-state index < -0.39 is 0 Å². The van der Waals surface area contributed by atoms with E-state index in [9.17, 15) is 0 Å². The van der Waals surface area contributed by atoms with Gasteiger partial charge in [0.25, 0.3) is 0 Å². The summed E-state index contributed by atoms with van der Waals surface area (Å²) in [6.45, 7) is 10.4. The van der Waals surface area contributed by atoms with Crippen LogP contribution in [0, 0.1) is 5.41 Å². The maximum atomic E-state index is 3.71. The van der Waals surface area contributed by atoms with Crippen LogP contribution in [0.25, 0.3) is 0 Å². The Hall–Kier alpha value is -0.340. The highest BCUT2D eigenvalue weighted by atomic mass is 32.1. The van der Waals surface area contributed by atoms with Crippen LogP contribution in [0.5, 0.6) is 0 Å². The van der Waals surface area contributed by atoms with Gasteiger partial charge in [-0.05, 0) is 66.5 Å². The molecule has 0 saturated carbocycles. The summed E-state index contributed by atoms with van der Waals surface area (Å²) in [6.07, 6.45) is 6.32. The van der Waals surface area contributed by atoms with E-state index in [1.54, 1.807) is 11.3 Å². The van der Waals surface area contributed by atoms with Crippen molar-refractivity contribution in [1.29, 1.82) is 0 Å². The van der Waals surface area contributed by atoms with Gasteiger partial charge in [0, 0.05) is 6.04 Å². The summed E-state index contributed by atoms with van der Waals surface area (Å²) in [6, 6.07) is 2.94. The Morgan fingerprint density at radius 1 is 1.28 bits per heavy atom. The first-order valence-electron chi connectivity index (χ1n) is 7.26. The van der Waals surface area contributed by atoms with Gasteiger partial charge in [0.15, 0.2) is 0 Å². The summed E-state index contributed by atoms with van der Waals surface area (Å²) in [4.78, 5) is 0. The highest BCUT2D eigenvalue weighted by Gasteiger charge is 2.15. The maximum absolute atomic E-state index is 3.71. The first-order chi connectivity index (χ1) is 8.51. The fraction of sp³-hybridized carbons (Fsp3) is 0.750. The molecule has 0 fully saturated rings. The number of aryl methyl sites for hydroxylation is 1. The van der Waals surface area contributed by atoms with E-state index in [2.05, 4.69) is 49.8 Å². The minimum absolute atomic E-state index is 0.453. The maximum Gasteiger partial charge on any atom is 0.00704 e. The minimum Gasteiger partial charge on any atom is -0.314 e. The van der Waals surface area contributed by atoms with Crippen molar-refractivity contribution in [2.24, 2.45) is 5.41 Å². The van der Waals surface area contributed by atoms with Crippen LogP contribution < -0.4 is 5.32 Å². The Kier molecular flexibility index (Phi) is 6.95. The molecule has 0 amide bonds. The van der Waals surface area contributed by atoms with Crippen LogP contribution in [0.2, 0.25) is 0 Å². The van der Waals surface area contributed by atoms with Gasteiger partial charge in [0.2, 0.25) is 0 Å². The number of nitrogens with one attached hydrogen (secondary N) is 1. The van der Waals surface area contributed by atoms with Crippen molar-refractivity contribution in [1.82, 2.24) is 5.32 Å². The number of hydrogen-bond acceptors (Lipinski definition) is 2. The van der Waals surface area contributed by atoms with Crippen LogP contribution in [-0.4, -0.2) is 12.6 Å². The zero-order valence-electron chi connectivity index (χ0n) is 12.5. The molecule has 1 heterocycles. The van der Waals surface area contributed by atoms with E-state index in [0.717, 1.165) is 6.54 Å². The van der Waals surface area contributed by atoms with Crippen LogP contribution in [0.4, 0.5) is 0 Å². The van der Waals surface area contributed by atoms with Gasteiger partial charge in [0.1, 0.15) is 0 Å². The third-order valence-electron chi connectivity index (χ3n) is 3.29. The van der Waals surface area contributed by atoms with Gasteiger partial charge < -0.3 is 5.32 Å². The predicted octanol–water partition coefficient (Wildman–Crippen LogP) is 4.88. The monoisotopic (exact) mass is 267 g/mol. The summed E-state index contributed by atoms with van der Waals surface area (Å²) in [5.74, 6) is 0. The first-order valence-corrected chi connectivity index (χ1v) is 8.20. The molecule has 1 rings (SSSR count). The lowest BCUT2D eigenvalue weighted by Crippen LogP contribution is -2.31. The third kappa shape index (κ3) is 7.17. The molecule has 0 saturated heterocycles. The molecule has 0 aromatic carbocycles. The second-order valence-corrected chi connectivity index (χ2v) is 7.20. The molecular formula is C16H29NS. The lowest BCUT2D eigenvalue weighted by Gasteiger charge is -2.24. The first kappa shape index (κ1) is 15.7. The van der Waals surface area contributed by atoms with Gasteiger partial charge in [-0.15, -0.1) is 0 Å². The van der Waals surface area contributed by atoms with E-state index in [1.807, 2.05) is 0 Å². The largest absolute Gasteiger partial charge is 0.314 e. The fourth-order valence-electron chi connectivity index (χ4n) is 2.08. The zero-order chi connectivity index (χ0) is 13.4. The van der Waals surface area contributed by atoms with Crippen molar-refractivity contribution in [3.8, 4) is 0 Å². The van der Waals surface area contributed by atoms with Gasteiger partial charge in [-0.3, -0.25) is 0 Å². The van der Waals surface area contributed by atoms with Crippen molar-refractivity contribution in [2.45, 2.75) is 65.8 Å². The Bertz CT molecular complexity index is 297. The molecular weight excluding hydrogens is 238 g/mol. The minimum atomic E-state index is 0.453. The summed E-state index contributed by atoms with van der Waals surface area (Å²) in [5, 5.41) is 8.17. The molecule has 1 unspecified atom stereocenters. The van der Waals surface area contributed by atoms with Gasteiger partial charge in [0.05, 0.1) is 0 Å². The van der Waals surface area contributed by atoms with Gasteiger partial charge in [-0.25, -0.2) is 0 Å². The van der Waals surface area contributed by atoms with Crippen molar-refractivity contribution in [3.63, 3.8) is 0 Å². The third-order valence-corrected chi connectivity index (χ3v) is 4.02. The van der Waals surface area contributed by atoms with E-state index in [1.165, 1.54) is 37.7 Å². The molecule has 1 atom stereocenters. The molecule has 1 N–H and O–H groups in total. The SMILES string of the molecule is CCCNC(CCc1ccsc1)CCC(C)(C)C. The standard InChI is InChI=1S/C16H29NS/c1-5-11-17-15(8-10-16(2,3)4)7-6-14-9-12-18-13-14/h9,12-13,15,17H,5-8,10-11H2,1-4H3. The van der Waals surface area contributed by atoms with E-state index in [-0.39, 0.29) is 0 Å². The second kappa shape index (κ2) is 7.96. The molecule has 0 aliphatic rings. The van der Waals surface area contributed by atoms with E-state index in [0.29, 0.717) is 11.5 Å². The Labute approximate surface area is 117 Å². The summed E-state index contributed by atoms with van der Waals surface area (Å²) >= 11 is 1.81. The summed E-state index contributed by atoms with van der Waals surface area (Å²) in [7, 11) is 0. The van der Waals surface area contributed by atoms with Gasteiger partial charge >= 0.3 is 0 Å². The van der Waals surface area contributed by atoms with Crippen LogP contribution in [0.1, 0.15) is 58.9 Å². The van der Waals surface area contributed by atoms with Crippen molar-refractivity contribution < 1.29 is 0 Å². The predicted molar refractivity (Wildman–Crippen MR) is 83.4 cm³/mol. The molecule has 0 spiro atoms. The quantitative estimate of drug-likeness (QED) is 0.708. The Morgan fingerprint density at radius 3 is 2.61 bits per heavy atom. The molecule has 0 aliphatic heterocycles. The van der Waals surface area contributed by atoms with E-state index in [4.69, 9.17) is 0 Å². The van der Waals surface area contributed by atoms with Crippen LogP contribution in [0.15, 0.2) is 16.8 Å². The van der Waals surface area contributed by atoms with Crippen LogP contribution >= 0.6 is 11.3 Å². The molecule has 0 aliphatic carbocycles. The topological polar surface area (TPSA) is 12.0 Å². The molecule has 0 bridgehead atoms. The number of rotatable bonds is 8. The van der Waals surface area contributed by atoms with Crippen molar-refractivity contribution in [3.05, 3.63) is 22.4 Å². The van der Waals surface area contributed by atoms with Gasteiger partial charge in [-0.2, -0.15) is 11.3 Å². The molecule has 2 heteroatoms. The summed E-state index contributed by atoms with van der Waals surface area (Å²) in [5.41, 5.74) is 1.95. The van der Waals surface area contributed by atoms with Crippen LogP contribution in [-0.2, 0) is 6.42 Å². The Morgan fingerprint density at radius 2 is 2.06 bits per heavy atom. The Balaban J connectivity index is 2.34. The molecule has 1 nitrogen and oxygen atoms in total. The van der Waals surface area contributed by atoms with E-state index >= 15 is 0 Å². The molecule has 0 radical (unpaired) electrons. The fourth-order valence-corrected chi connectivity index (χ4v) is 2.78. The highest BCUT2D eigenvalue weighted by Crippen LogP contribution is 2.23. The smallest absolute Gasteiger partial charge is 0.00704 e. The van der Waals surface area contributed by atoms with Crippen molar-refractivity contribution >= 4 is 11.3 Å². The average molecular weight is 267 g/mol. The molecule has 1 aromatic heterocycles. The highest BCUT2D eigenvalue weighted by molar-refractivity contribution is 7.07. The molecule has 18 heavy (non-hydrogen) atoms. The van der Waals surface area contributed by atoms with Crippen LogP contribution in [0.3, 0.4) is 0 Å². The van der Waals surface area contributed by atoms with Gasteiger partial charge in [-0.1, -0.05) is 27.7 Å².